The van der Waals surface area contributed by atoms with Crippen molar-refractivity contribution in [2.24, 2.45) is 0 Å². The Hall–Kier alpha value is -1.70. The number of nitrogens with one attached hydrogen (secondary N) is 1. The Labute approximate surface area is 102 Å². The van der Waals surface area contributed by atoms with Crippen molar-refractivity contribution in [3.63, 3.8) is 0 Å². The van der Waals surface area contributed by atoms with Gasteiger partial charge < -0.3 is 5.11 Å². The second-order valence-electron chi connectivity index (χ2n) is 3.54. The molecule has 0 radical (unpaired) electrons. The molecule has 0 amide bonds. The number of hydrogen-bond donors (Lipinski definition) is 2. The number of carboxylic acids is 1. The van der Waals surface area contributed by atoms with Crippen LogP contribution in [0.25, 0.3) is 0 Å². The minimum Gasteiger partial charge on any atom is -0.478 e. The fourth-order valence-corrected chi connectivity index (χ4v) is 2.43. The van der Waals surface area contributed by atoms with Crippen molar-refractivity contribution >= 4 is 21.7 Å². The van der Waals surface area contributed by atoms with Crippen LogP contribution in [-0.4, -0.2) is 25.2 Å². The van der Waals surface area contributed by atoms with Crippen molar-refractivity contribution in [3.8, 4) is 0 Å². The smallest absolute Gasteiger partial charge is 0.338 e. The highest BCUT2D eigenvalue weighted by Crippen LogP contribution is 2.21. The summed E-state index contributed by atoms with van der Waals surface area (Å²) in [6, 6.07) is 1.07. The SMILES string of the molecule is CCCS(=O)(=O)Nc1cc(F)cc(C(=O)O)c1F. The predicted octanol–water partition coefficient (Wildman–Crippen LogP) is 1.81. The third-order valence-corrected chi connectivity index (χ3v) is 3.48. The number of sulfonamides is 1. The average Bonchev–Trinajstić information content (AvgIpc) is 2.21. The van der Waals surface area contributed by atoms with Gasteiger partial charge in [0.25, 0.3) is 0 Å². The Morgan fingerprint density at radius 3 is 2.50 bits per heavy atom. The Balaban J connectivity index is 3.22. The second-order valence-corrected chi connectivity index (χ2v) is 5.38. The van der Waals surface area contributed by atoms with Crippen LogP contribution in [0, 0.1) is 11.6 Å². The highest BCUT2D eigenvalue weighted by atomic mass is 32.2. The maximum Gasteiger partial charge on any atom is 0.338 e. The van der Waals surface area contributed by atoms with Crippen molar-refractivity contribution in [1.29, 1.82) is 0 Å². The summed E-state index contributed by atoms with van der Waals surface area (Å²) >= 11 is 0. The van der Waals surface area contributed by atoms with E-state index in [1.807, 2.05) is 4.72 Å². The maximum atomic E-state index is 13.6. The van der Waals surface area contributed by atoms with Gasteiger partial charge in [0.05, 0.1) is 11.4 Å². The number of carboxylic acid groups (broad SMARTS) is 1. The predicted molar refractivity (Wildman–Crippen MR) is 61.0 cm³/mol. The van der Waals surface area contributed by atoms with Crippen LogP contribution in [0.3, 0.4) is 0 Å². The van der Waals surface area contributed by atoms with Gasteiger partial charge in [0.1, 0.15) is 11.4 Å². The third kappa shape index (κ3) is 3.39. The molecule has 0 aliphatic heterocycles. The first kappa shape index (κ1) is 14.4. The van der Waals surface area contributed by atoms with E-state index in [1.165, 1.54) is 0 Å². The Morgan fingerprint density at radius 2 is 2.00 bits per heavy atom. The number of carbonyl (C=O) groups is 1. The molecular weight excluding hydrogens is 268 g/mol. The first-order valence-electron chi connectivity index (χ1n) is 4.99. The molecule has 0 spiro atoms. The zero-order chi connectivity index (χ0) is 13.9. The zero-order valence-corrected chi connectivity index (χ0v) is 10.2. The molecule has 0 fully saturated rings. The summed E-state index contributed by atoms with van der Waals surface area (Å²) < 4.78 is 51.3. The van der Waals surface area contributed by atoms with E-state index in [2.05, 4.69) is 0 Å². The second kappa shape index (κ2) is 5.30. The van der Waals surface area contributed by atoms with Gasteiger partial charge in [0.15, 0.2) is 5.82 Å². The molecule has 1 aromatic carbocycles. The lowest BCUT2D eigenvalue weighted by Crippen LogP contribution is -2.18. The van der Waals surface area contributed by atoms with E-state index in [1.54, 1.807) is 6.92 Å². The molecule has 5 nitrogen and oxygen atoms in total. The van der Waals surface area contributed by atoms with E-state index in [0.29, 0.717) is 12.1 Å². The van der Waals surface area contributed by atoms with Gasteiger partial charge >= 0.3 is 5.97 Å². The van der Waals surface area contributed by atoms with E-state index in [9.17, 15) is 22.0 Å². The lowest BCUT2D eigenvalue weighted by Gasteiger charge is -2.09. The van der Waals surface area contributed by atoms with Crippen LogP contribution in [-0.2, 0) is 10.0 Å². The topological polar surface area (TPSA) is 83.5 Å². The fourth-order valence-electron chi connectivity index (χ4n) is 1.31. The van der Waals surface area contributed by atoms with Crippen LogP contribution >= 0.6 is 0 Å². The summed E-state index contributed by atoms with van der Waals surface area (Å²) in [5.41, 5.74) is -1.63. The van der Waals surface area contributed by atoms with Crippen molar-refractivity contribution in [1.82, 2.24) is 0 Å². The average molecular weight is 279 g/mol. The Kier molecular flexibility index (Phi) is 4.23. The van der Waals surface area contributed by atoms with E-state index in [4.69, 9.17) is 5.11 Å². The Bertz CT molecular complexity index is 571. The molecule has 1 rings (SSSR count). The van der Waals surface area contributed by atoms with Crippen LogP contribution in [0.2, 0.25) is 0 Å². The molecule has 0 aliphatic rings. The van der Waals surface area contributed by atoms with Gasteiger partial charge in [-0.3, -0.25) is 4.72 Å². The van der Waals surface area contributed by atoms with Gasteiger partial charge in [-0.2, -0.15) is 0 Å². The quantitative estimate of drug-likeness (QED) is 0.861. The lowest BCUT2D eigenvalue weighted by molar-refractivity contribution is 0.0691. The molecule has 100 valence electrons. The number of rotatable bonds is 5. The number of halogens is 2. The monoisotopic (exact) mass is 279 g/mol. The minimum absolute atomic E-state index is 0.272. The van der Waals surface area contributed by atoms with E-state index in [0.717, 1.165) is 0 Å². The number of aromatic carboxylic acids is 1. The summed E-state index contributed by atoms with van der Waals surface area (Å²) in [6.07, 6.45) is 0.290. The normalized spacial score (nSPS) is 11.3. The molecule has 18 heavy (non-hydrogen) atoms. The third-order valence-electron chi connectivity index (χ3n) is 2.01. The summed E-state index contributed by atoms with van der Waals surface area (Å²) in [6.45, 7) is 1.60. The first-order valence-corrected chi connectivity index (χ1v) is 6.65. The first-order chi connectivity index (χ1) is 8.26. The minimum atomic E-state index is -3.82. The molecule has 0 aliphatic carbocycles. The molecule has 8 heteroatoms. The van der Waals surface area contributed by atoms with Gasteiger partial charge in [-0.05, 0) is 12.5 Å². The van der Waals surface area contributed by atoms with E-state index < -0.39 is 38.9 Å². The molecule has 0 saturated carbocycles. The van der Waals surface area contributed by atoms with Crippen molar-refractivity contribution in [2.75, 3.05) is 10.5 Å². The molecule has 1 aromatic rings. The van der Waals surface area contributed by atoms with Crippen LogP contribution < -0.4 is 4.72 Å². The molecule has 0 heterocycles. The highest BCUT2D eigenvalue weighted by Gasteiger charge is 2.19. The van der Waals surface area contributed by atoms with Gasteiger partial charge in [-0.25, -0.2) is 22.0 Å². The van der Waals surface area contributed by atoms with E-state index >= 15 is 0 Å². The zero-order valence-electron chi connectivity index (χ0n) is 9.41. The molecular formula is C10H11F2NO4S. The summed E-state index contributed by atoms with van der Waals surface area (Å²) in [5.74, 6) is -4.31. The number of anilines is 1. The number of benzene rings is 1. The van der Waals surface area contributed by atoms with Gasteiger partial charge in [0.2, 0.25) is 10.0 Å². The van der Waals surface area contributed by atoms with Crippen LogP contribution in [0.1, 0.15) is 23.7 Å². The van der Waals surface area contributed by atoms with Crippen molar-refractivity contribution in [3.05, 3.63) is 29.3 Å². The summed E-state index contributed by atoms with van der Waals surface area (Å²) in [7, 11) is -3.82. The van der Waals surface area contributed by atoms with Crippen molar-refractivity contribution < 1.29 is 27.1 Å². The summed E-state index contributed by atoms with van der Waals surface area (Å²) in [5, 5.41) is 8.63. The van der Waals surface area contributed by atoms with Crippen molar-refractivity contribution in [2.45, 2.75) is 13.3 Å². The molecule has 2 N–H and O–H groups in total. The van der Waals surface area contributed by atoms with E-state index in [-0.39, 0.29) is 12.2 Å². The van der Waals surface area contributed by atoms with Gasteiger partial charge in [-0.15, -0.1) is 0 Å². The molecule has 0 aromatic heterocycles. The number of hydrogen-bond acceptors (Lipinski definition) is 3. The summed E-state index contributed by atoms with van der Waals surface area (Å²) in [4.78, 5) is 10.6. The molecule has 0 unspecified atom stereocenters. The standard InChI is InChI=1S/C10H11F2NO4S/c1-2-3-18(16,17)13-8-5-6(11)4-7(9(8)12)10(14)15/h4-5,13H,2-3H2,1H3,(H,14,15). The molecule has 0 saturated heterocycles. The molecule has 0 atom stereocenters. The Morgan fingerprint density at radius 1 is 1.39 bits per heavy atom. The highest BCUT2D eigenvalue weighted by molar-refractivity contribution is 7.92. The van der Waals surface area contributed by atoms with Gasteiger partial charge in [-0.1, -0.05) is 6.92 Å². The van der Waals surface area contributed by atoms with Crippen LogP contribution in [0.5, 0.6) is 0 Å². The fraction of sp³-hybridized carbons (Fsp3) is 0.300. The van der Waals surface area contributed by atoms with Crippen LogP contribution in [0.15, 0.2) is 12.1 Å². The van der Waals surface area contributed by atoms with Gasteiger partial charge in [0, 0.05) is 6.07 Å². The lowest BCUT2D eigenvalue weighted by atomic mass is 10.2. The largest absolute Gasteiger partial charge is 0.478 e. The van der Waals surface area contributed by atoms with Crippen LogP contribution in [0.4, 0.5) is 14.5 Å². The maximum absolute atomic E-state index is 13.6. The molecule has 0 bridgehead atoms.